The summed E-state index contributed by atoms with van der Waals surface area (Å²) in [6.45, 7) is 1.60. The molecule has 0 spiro atoms. The van der Waals surface area contributed by atoms with Gasteiger partial charge >= 0.3 is 4.87 Å². The summed E-state index contributed by atoms with van der Waals surface area (Å²) in [4.78, 5) is 57.2. The number of aromatic nitrogens is 1. The van der Waals surface area contributed by atoms with Crippen LogP contribution in [0.3, 0.4) is 0 Å². The summed E-state index contributed by atoms with van der Waals surface area (Å²) in [5, 5.41) is 0.686. The zero-order chi connectivity index (χ0) is 27.4. The van der Waals surface area contributed by atoms with E-state index in [0.717, 1.165) is 23.1 Å². The summed E-state index contributed by atoms with van der Waals surface area (Å²) < 4.78 is 6.75. The molecular weight excluding hydrogens is 605 g/mol. The van der Waals surface area contributed by atoms with E-state index in [-0.39, 0.29) is 22.3 Å². The predicted molar refractivity (Wildman–Crippen MR) is 151 cm³/mol. The standard InChI is InChI=1S/C26H20Cl3N3O5S2/c27-13-4-6-14(7-5-13)32-23(34)19-18(15-2-1-3-16(28)20(15)29)22-25(38-21(19)24(32)35)31(26(36)39-22)12-17(33)30-8-10-37-11-9-30/h1-7,18-19,21H,8-12H2. The Labute approximate surface area is 246 Å². The highest BCUT2D eigenvalue weighted by molar-refractivity contribution is 8.00. The van der Waals surface area contributed by atoms with Crippen LogP contribution in [0.5, 0.6) is 0 Å². The van der Waals surface area contributed by atoms with Crippen LogP contribution in [0.4, 0.5) is 5.69 Å². The zero-order valence-electron chi connectivity index (χ0n) is 20.1. The van der Waals surface area contributed by atoms with Crippen molar-refractivity contribution in [3.63, 3.8) is 0 Å². The molecular formula is C26H20Cl3N3O5S2. The van der Waals surface area contributed by atoms with Crippen LogP contribution in [0.25, 0.3) is 0 Å². The fourth-order valence-electron chi connectivity index (χ4n) is 5.24. The monoisotopic (exact) mass is 623 g/mol. The maximum Gasteiger partial charge on any atom is 0.308 e. The van der Waals surface area contributed by atoms with Gasteiger partial charge in [0.2, 0.25) is 17.7 Å². The third kappa shape index (κ3) is 4.61. The third-order valence-electron chi connectivity index (χ3n) is 7.11. The van der Waals surface area contributed by atoms with E-state index in [4.69, 9.17) is 39.5 Å². The van der Waals surface area contributed by atoms with Crippen molar-refractivity contribution in [2.24, 2.45) is 5.92 Å². The van der Waals surface area contributed by atoms with Gasteiger partial charge in [-0.25, -0.2) is 4.90 Å². The van der Waals surface area contributed by atoms with Gasteiger partial charge in [-0.05, 0) is 35.9 Å². The molecule has 0 radical (unpaired) electrons. The van der Waals surface area contributed by atoms with E-state index in [1.165, 1.54) is 9.47 Å². The Morgan fingerprint density at radius 1 is 0.974 bits per heavy atom. The topological polar surface area (TPSA) is 88.9 Å². The van der Waals surface area contributed by atoms with Crippen molar-refractivity contribution < 1.29 is 19.1 Å². The molecule has 3 unspecified atom stereocenters. The molecule has 1 aromatic heterocycles. The van der Waals surface area contributed by atoms with Crippen LogP contribution in [0.2, 0.25) is 15.1 Å². The van der Waals surface area contributed by atoms with Crippen molar-refractivity contribution in [2.75, 3.05) is 31.2 Å². The number of thiazole rings is 1. The van der Waals surface area contributed by atoms with Crippen LogP contribution >= 0.6 is 57.9 Å². The van der Waals surface area contributed by atoms with Gasteiger partial charge < -0.3 is 9.64 Å². The van der Waals surface area contributed by atoms with E-state index in [9.17, 15) is 19.2 Å². The number of amides is 3. The molecule has 0 saturated carbocycles. The SMILES string of the molecule is O=C(Cn1c2c(sc1=O)C(c1cccc(Cl)c1Cl)C1C(=O)N(c3ccc(Cl)cc3)C(=O)C1S2)N1CCOCC1. The van der Waals surface area contributed by atoms with E-state index in [1.807, 2.05) is 0 Å². The summed E-state index contributed by atoms with van der Waals surface area (Å²) in [6.07, 6.45) is 0. The van der Waals surface area contributed by atoms with Gasteiger partial charge in [-0.15, -0.1) is 0 Å². The lowest BCUT2D eigenvalue weighted by atomic mass is 9.83. The average molecular weight is 625 g/mol. The maximum absolute atomic E-state index is 13.9. The number of fused-ring (bicyclic) bond motifs is 2. The lowest BCUT2D eigenvalue weighted by Gasteiger charge is -2.31. The van der Waals surface area contributed by atoms with E-state index < -0.39 is 28.9 Å². The molecule has 0 bridgehead atoms. The first-order valence-corrected chi connectivity index (χ1v) is 14.9. The Bertz CT molecular complexity index is 1550. The van der Waals surface area contributed by atoms with Crippen LogP contribution in [0.15, 0.2) is 52.3 Å². The van der Waals surface area contributed by atoms with Crippen LogP contribution < -0.4 is 9.77 Å². The number of nitrogens with zero attached hydrogens (tertiary/aromatic N) is 3. The van der Waals surface area contributed by atoms with Gasteiger partial charge in [-0.2, -0.15) is 0 Å². The highest BCUT2D eigenvalue weighted by Gasteiger charge is 2.57. The Kier molecular flexibility index (Phi) is 7.28. The van der Waals surface area contributed by atoms with E-state index in [1.54, 1.807) is 47.4 Å². The molecule has 4 heterocycles. The Hall–Kier alpha value is -2.34. The van der Waals surface area contributed by atoms with Crippen molar-refractivity contribution >= 4 is 81.3 Å². The van der Waals surface area contributed by atoms with Crippen LogP contribution in [0.1, 0.15) is 16.4 Å². The molecule has 0 N–H and O–H groups in total. The molecule has 2 fully saturated rings. The van der Waals surface area contributed by atoms with Gasteiger partial charge in [0.05, 0.1) is 39.9 Å². The van der Waals surface area contributed by atoms with Crippen molar-refractivity contribution in [1.29, 1.82) is 0 Å². The summed E-state index contributed by atoms with van der Waals surface area (Å²) in [6, 6.07) is 11.6. The van der Waals surface area contributed by atoms with Gasteiger partial charge in [0, 0.05) is 28.9 Å². The first-order valence-electron chi connectivity index (χ1n) is 12.1. The fourth-order valence-corrected chi connectivity index (χ4v) is 8.56. The lowest BCUT2D eigenvalue weighted by Crippen LogP contribution is -2.43. The molecule has 3 amide bonds. The first kappa shape index (κ1) is 26.9. The van der Waals surface area contributed by atoms with Gasteiger partial charge in [0.15, 0.2) is 0 Å². The number of thioether (sulfide) groups is 1. The number of anilines is 1. The highest BCUT2D eigenvalue weighted by atomic mass is 35.5. The summed E-state index contributed by atoms with van der Waals surface area (Å²) >= 11 is 21.2. The van der Waals surface area contributed by atoms with Crippen LogP contribution in [-0.2, 0) is 25.7 Å². The number of carbonyl (C=O) groups is 3. The second kappa shape index (κ2) is 10.6. The normalized spacial score (nSPS) is 22.7. The van der Waals surface area contributed by atoms with Gasteiger partial charge in [-0.1, -0.05) is 70.0 Å². The maximum atomic E-state index is 13.9. The minimum atomic E-state index is -0.834. The number of benzene rings is 2. The lowest BCUT2D eigenvalue weighted by molar-refractivity contribution is -0.136. The van der Waals surface area contributed by atoms with Crippen LogP contribution in [-0.4, -0.2) is 58.7 Å². The number of morpholine rings is 1. The largest absolute Gasteiger partial charge is 0.378 e. The Morgan fingerprint density at radius 2 is 1.69 bits per heavy atom. The number of halogens is 3. The predicted octanol–water partition coefficient (Wildman–Crippen LogP) is 4.52. The summed E-state index contributed by atoms with van der Waals surface area (Å²) in [5.41, 5.74) is 0.955. The number of carbonyl (C=O) groups excluding carboxylic acids is 3. The zero-order valence-corrected chi connectivity index (χ0v) is 24.0. The number of ether oxygens (including phenoxy) is 1. The molecule has 3 aromatic rings. The molecule has 8 nitrogen and oxygen atoms in total. The smallest absolute Gasteiger partial charge is 0.308 e. The third-order valence-corrected chi connectivity index (χ3v) is 10.8. The van der Waals surface area contributed by atoms with E-state index in [0.29, 0.717) is 57.5 Å². The van der Waals surface area contributed by atoms with Gasteiger partial charge in [0.25, 0.3) is 0 Å². The molecule has 202 valence electrons. The molecule has 6 rings (SSSR count). The number of hydrogen-bond donors (Lipinski definition) is 0. The van der Waals surface area contributed by atoms with Crippen molar-refractivity contribution in [1.82, 2.24) is 9.47 Å². The Morgan fingerprint density at radius 3 is 2.41 bits per heavy atom. The van der Waals surface area contributed by atoms with Crippen molar-refractivity contribution in [2.45, 2.75) is 22.7 Å². The first-order chi connectivity index (χ1) is 18.8. The molecule has 3 aliphatic rings. The molecule has 0 aliphatic carbocycles. The highest BCUT2D eigenvalue weighted by Crippen LogP contribution is 2.55. The fraction of sp³-hybridized carbons (Fsp3) is 0.308. The summed E-state index contributed by atoms with van der Waals surface area (Å²) in [5.74, 6) is -2.55. The molecule has 2 saturated heterocycles. The van der Waals surface area contributed by atoms with Gasteiger partial charge in [-0.3, -0.25) is 23.7 Å². The molecule has 13 heteroatoms. The van der Waals surface area contributed by atoms with Crippen molar-refractivity contribution in [3.05, 3.63) is 77.6 Å². The number of hydrogen-bond acceptors (Lipinski definition) is 7. The minimum absolute atomic E-state index is 0.173. The molecule has 3 aliphatic heterocycles. The van der Waals surface area contributed by atoms with E-state index in [2.05, 4.69) is 0 Å². The second-order valence-corrected chi connectivity index (χ2v) is 12.6. The van der Waals surface area contributed by atoms with Gasteiger partial charge in [0.1, 0.15) is 11.8 Å². The van der Waals surface area contributed by atoms with Crippen molar-refractivity contribution in [3.8, 4) is 0 Å². The number of rotatable bonds is 4. The summed E-state index contributed by atoms with van der Waals surface area (Å²) in [7, 11) is 0. The molecule has 2 aromatic carbocycles. The second-order valence-electron chi connectivity index (χ2n) is 9.29. The van der Waals surface area contributed by atoms with Crippen LogP contribution in [0, 0.1) is 5.92 Å². The molecule has 39 heavy (non-hydrogen) atoms. The Balaban J connectivity index is 1.46. The average Bonchev–Trinajstić information content (AvgIpc) is 3.38. The minimum Gasteiger partial charge on any atom is -0.378 e. The quantitative estimate of drug-likeness (QED) is 0.397. The van der Waals surface area contributed by atoms with E-state index >= 15 is 0 Å². The molecule has 3 atom stereocenters. The number of imide groups is 1.